The molecular weight excluding hydrogens is 120 g/mol. The Bertz CT molecular complexity index is 46.5. The summed E-state index contributed by atoms with van der Waals surface area (Å²) in [4.78, 5) is 10.1. The van der Waals surface area contributed by atoms with Crippen LogP contribution in [0.25, 0.3) is 0 Å². The molecule has 0 saturated heterocycles. The highest BCUT2D eigenvalue weighted by Crippen LogP contribution is 1.95. The average molecular weight is 136 g/mol. The lowest BCUT2D eigenvalue weighted by atomic mass is 10.6. The van der Waals surface area contributed by atoms with Gasteiger partial charge >= 0.3 is 0 Å². The molecule has 0 saturated carbocycles. The van der Waals surface area contributed by atoms with Gasteiger partial charge in [0.2, 0.25) is 0 Å². The van der Waals surface area contributed by atoms with E-state index in [1.54, 1.807) is 6.26 Å². The van der Waals surface area contributed by atoms with Crippen molar-refractivity contribution in [3.05, 3.63) is 0 Å². The Morgan fingerprint density at radius 3 is 1.88 bits per heavy atom. The number of hydrogen-bond donors (Lipinski definition) is 0. The Labute approximate surface area is 56.9 Å². The molecule has 52 valence electrons. The van der Waals surface area contributed by atoms with Crippen LogP contribution >= 0.6 is 11.8 Å². The Hall–Kier alpha value is 0.0200. The first-order valence-corrected chi connectivity index (χ1v) is 3.10. The summed E-state index contributed by atoms with van der Waals surface area (Å²) in [5.74, 6) is 0. The van der Waals surface area contributed by atoms with E-state index in [4.69, 9.17) is 0 Å². The molecule has 0 atom stereocenters. The van der Waals surface area contributed by atoms with E-state index in [1.807, 2.05) is 6.92 Å². The average Bonchev–Trinajstić information content (AvgIpc) is 1.65. The fourth-order valence-corrected chi connectivity index (χ4v) is 0.433. The van der Waals surface area contributed by atoms with E-state index in [9.17, 15) is 4.79 Å². The van der Waals surface area contributed by atoms with Gasteiger partial charge in [-0.25, -0.2) is 0 Å². The summed E-state index contributed by atoms with van der Waals surface area (Å²) in [7, 11) is 0. The molecule has 0 aliphatic carbocycles. The lowest BCUT2D eigenvalue weighted by Crippen LogP contribution is -1.81. The van der Waals surface area contributed by atoms with Gasteiger partial charge < -0.3 is 0 Å². The highest BCUT2D eigenvalue weighted by molar-refractivity contribution is 8.13. The van der Waals surface area contributed by atoms with Crippen molar-refractivity contribution in [2.75, 3.05) is 6.26 Å². The maximum atomic E-state index is 10.1. The Morgan fingerprint density at radius 1 is 1.50 bits per heavy atom. The first-order chi connectivity index (χ1) is 2.81. The molecule has 0 amide bonds. The van der Waals surface area contributed by atoms with Crippen molar-refractivity contribution < 1.29 is 4.79 Å². The molecule has 0 bridgehead atoms. The largest absolute Gasteiger partial charge is 0.287 e. The molecule has 0 fully saturated rings. The molecule has 0 aliphatic rings. The van der Waals surface area contributed by atoms with Crippen LogP contribution in [0.1, 0.15) is 28.2 Å². The van der Waals surface area contributed by atoms with Gasteiger partial charge in [0.25, 0.3) is 0 Å². The lowest BCUT2D eigenvalue weighted by Gasteiger charge is -1.81. The van der Waals surface area contributed by atoms with E-state index in [2.05, 4.69) is 0 Å². The summed E-state index contributed by atoms with van der Waals surface area (Å²) >= 11 is 1.29. The van der Waals surface area contributed by atoms with E-state index in [0.29, 0.717) is 6.42 Å². The predicted molar refractivity (Wildman–Crippen MR) is 42.3 cm³/mol. The summed E-state index contributed by atoms with van der Waals surface area (Å²) in [5.41, 5.74) is 0. The van der Waals surface area contributed by atoms with Crippen LogP contribution in [0.2, 0.25) is 0 Å². The highest BCUT2D eigenvalue weighted by atomic mass is 32.2. The zero-order valence-corrected chi connectivity index (χ0v) is 4.84. The van der Waals surface area contributed by atoms with Crippen molar-refractivity contribution >= 4 is 16.9 Å². The Kier molecular flexibility index (Phi) is 19.8. The SMILES string of the molecule is C.C.CCC(=O)SC. The molecule has 0 aromatic rings. The fraction of sp³-hybridized carbons (Fsp3) is 0.833. The van der Waals surface area contributed by atoms with Gasteiger partial charge in [-0.3, -0.25) is 4.79 Å². The van der Waals surface area contributed by atoms with Crippen molar-refractivity contribution in [1.29, 1.82) is 0 Å². The molecule has 0 unspecified atom stereocenters. The van der Waals surface area contributed by atoms with Crippen LogP contribution in [0.3, 0.4) is 0 Å². The van der Waals surface area contributed by atoms with Gasteiger partial charge in [0.1, 0.15) is 0 Å². The fourth-order valence-electron chi connectivity index (χ4n) is 0.144. The van der Waals surface area contributed by atoms with E-state index in [0.717, 1.165) is 0 Å². The lowest BCUT2D eigenvalue weighted by molar-refractivity contribution is -0.110. The Morgan fingerprint density at radius 2 is 1.88 bits per heavy atom. The van der Waals surface area contributed by atoms with Crippen LogP contribution in [0.5, 0.6) is 0 Å². The molecule has 0 spiro atoms. The first-order valence-electron chi connectivity index (χ1n) is 1.88. The number of hydrogen-bond acceptors (Lipinski definition) is 2. The quantitative estimate of drug-likeness (QED) is 0.551. The monoisotopic (exact) mass is 136 g/mol. The van der Waals surface area contributed by atoms with Gasteiger partial charge in [-0.1, -0.05) is 33.5 Å². The second-order valence-electron chi connectivity index (χ2n) is 0.930. The standard InChI is InChI=1S/C4H8OS.2CH4/c1-3-4(5)6-2;;/h3H2,1-2H3;2*1H4. The number of rotatable bonds is 1. The minimum absolute atomic E-state index is 0. The minimum Gasteiger partial charge on any atom is -0.287 e. The summed E-state index contributed by atoms with van der Waals surface area (Å²) in [6.07, 6.45) is 2.45. The normalized spacial score (nSPS) is 6.25. The van der Waals surface area contributed by atoms with E-state index in [1.165, 1.54) is 11.8 Å². The molecule has 0 rings (SSSR count). The molecule has 0 aromatic carbocycles. The highest BCUT2D eigenvalue weighted by Gasteiger charge is 1.87. The number of carbonyl (C=O) groups excluding carboxylic acids is 1. The third-order valence-electron chi connectivity index (χ3n) is 0.516. The second-order valence-corrected chi connectivity index (χ2v) is 1.79. The second kappa shape index (κ2) is 10.1. The van der Waals surface area contributed by atoms with Gasteiger partial charge in [-0.15, -0.1) is 0 Å². The maximum absolute atomic E-state index is 10.1. The number of carbonyl (C=O) groups is 1. The smallest absolute Gasteiger partial charge is 0.188 e. The van der Waals surface area contributed by atoms with Crippen molar-refractivity contribution in [1.82, 2.24) is 0 Å². The summed E-state index contributed by atoms with van der Waals surface area (Å²) in [6, 6.07) is 0. The van der Waals surface area contributed by atoms with Crippen molar-refractivity contribution in [2.24, 2.45) is 0 Å². The molecule has 0 aromatic heterocycles. The van der Waals surface area contributed by atoms with E-state index < -0.39 is 0 Å². The maximum Gasteiger partial charge on any atom is 0.188 e. The molecular formula is C6H16OS. The van der Waals surface area contributed by atoms with E-state index >= 15 is 0 Å². The van der Waals surface area contributed by atoms with Crippen LogP contribution in [0.15, 0.2) is 0 Å². The molecule has 1 nitrogen and oxygen atoms in total. The summed E-state index contributed by atoms with van der Waals surface area (Å²) in [5, 5.41) is 0.259. The zero-order chi connectivity index (χ0) is 4.99. The minimum atomic E-state index is 0. The number of thioether (sulfide) groups is 1. The third kappa shape index (κ3) is 9.39. The van der Waals surface area contributed by atoms with Crippen LogP contribution in [-0.2, 0) is 4.79 Å². The molecule has 0 N–H and O–H groups in total. The van der Waals surface area contributed by atoms with Gasteiger partial charge in [0.15, 0.2) is 5.12 Å². The van der Waals surface area contributed by atoms with Crippen LogP contribution in [0.4, 0.5) is 0 Å². The summed E-state index contributed by atoms with van der Waals surface area (Å²) in [6.45, 7) is 1.86. The summed E-state index contributed by atoms with van der Waals surface area (Å²) < 4.78 is 0. The third-order valence-corrected chi connectivity index (χ3v) is 1.26. The molecule has 0 aliphatic heterocycles. The molecule has 0 radical (unpaired) electrons. The van der Waals surface area contributed by atoms with Gasteiger partial charge in [-0.2, -0.15) is 0 Å². The van der Waals surface area contributed by atoms with Crippen LogP contribution in [-0.4, -0.2) is 11.4 Å². The van der Waals surface area contributed by atoms with E-state index in [-0.39, 0.29) is 20.0 Å². The molecule has 8 heavy (non-hydrogen) atoms. The zero-order valence-electron chi connectivity index (χ0n) is 4.02. The van der Waals surface area contributed by atoms with Crippen molar-refractivity contribution in [3.63, 3.8) is 0 Å². The first kappa shape index (κ1) is 15.7. The topological polar surface area (TPSA) is 17.1 Å². The predicted octanol–water partition coefficient (Wildman–Crippen LogP) is 2.56. The van der Waals surface area contributed by atoms with Crippen molar-refractivity contribution in [2.45, 2.75) is 28.2 Å². The van der Waals surface area contributed by atoms with Gasteiger partial charge in [0.05, 0.1) is 0 Å². The molecule has 0 heterocycles. The van der Waals surface area contributed by atoms with Gasteiger partial charge in [-0.05, 0) is 6.26 Å². The Balaban J connectivity index is -0.000000125. The molecule has 2 heteroatoms. The van der Waals surface area contributed by atoms with Gasteiger partial charge in [0, 0.05) is 6.42 Å². The van der Waals surface area contributed by atoms with Crippen LogP contribution in [0, 0.1) is 0 Å². The van der Waals surface area contributed by atoms with Crippen LogP contribution < -0.4 is 0 Å². The van der Waals surface area contributed by atoms with Crippen molar-refractivity contribution in [3.8, 4) is 0 Å².